The van der Waals surface area contributed by atoms with E-state index in [4.69, 9.17) is 0 Å². The van der Waals surface area contributed by atoms with Crippen LogP contribution in [0.15, 0.2) is 24.3 Å². The topological polar surface area (TPSA) is 49.4 Å². The zero-order valence-electron chi connectivity index (χ0n) is 11.0. The third-order valence-corrected chi connectivity index (χ3v) is 5.73. The number of rotatable bonds is 2. The third kappa shape index (κ3) is 2.92. The summed E-state index contributed by atoms with van der Waals surface area (Å²) >= 11 is 0. The largest absolute Gasteiger partial charge is 0.385 e. The number of nitrogens with one attached hydrogen (secondary N) is 1. The molecule has 1 aromatic rings. The normalized spacial score (nSPS) is 26.4. The number of hydrogen-bond donors (Lipinski definition) is 1. The van der Waals surface area contributed by atoms with Crippen LogP contribution < -0.4 is 5.32 Å². The summed E-state index contributed by atoms with van der Waals surface area (Å²) in [4.78, 5) is 2.30. The van der Waals surface area contributed by atoms with E-state index in [1.54, 1.807) is 0 Å². The molecule has 19 heavy (non-hydrogen) atoms. The lowest BCUT2D eigenvalue weighted by atomic mass is 9.90. The fraction of sp³-hybridized carbons (Fsp3) is 0.571. The number of benzene rings is 1. The molecule has 1 N–H and O–H groups in total. The van der Waals surface area contributed by atoms with Crippen LogP contribution in [0.1, 0.15) is 17.9 Å². The fourth-order valence-corrected chi connectivity index (χ4v) is 4.26. The first-order chi connectivity index (χ1) is 9.14. The van der Waals surface area contributed by atoms with Crippen molar-refractivity contribution in [3.63, 3.8) is 0 Å². The van der Waals surface area contributed by atoms with Crippen LogP contribution in [0.3, 0.4) is 0 Å². The summed E-state index contributed by atoms with van der Waals surface area (Å²) in [6.07, 6.45) is 1.13. The lowest BCUT2D eigenvalue weighted by Gasteiger charge is -2.33. The summed E-state index contributed by atoms with van der Waals surface area (Å²) in [6, 6.07) is 8.45. The van der Waals surface area contributed by atoms with Gasteiger partial charge >= 0.3 is 0 Å². The molecule has 0 bridgehead atoms. The van der Waals surface area contributed by atoms with Gasteiger partial charge in [0.1, 0.15) is 0 Å². The minimum atomic E-state index is -2.77. The number of nitrogens with zero attached hydrogens (tertiary/aromatic N) is 1. The van der Waals surface area contributed by atoms with Crippen LogP contribution in [-0.4, -0.2) is 51.0 Å². The van der Waals surface area contributed by atoms with Crippen molar-refractivity contribution in [3.05, 3.63) is 29.8 Å². The molecule has 1 atom stereocenters. The molecule has 2 aliphatic heterocycles. The highest BCUT2D eigenvalue weighted by molar-refractivity contribution is 7.91. The van der Waals surface area contributed by atoms with Gasteiger partial charge in [-0.1, -0.05) is 18.2 Å². The van der Waals surface area contributed by atoms with Gasteiger partial charge in [-0.25, -0.2) is 8.42 Å². The van der Waals surface area contributed by atoms with E-state index in [-0.39, 0.29) is 0 Å². The number of para-hydroxylation sites is 1. The summed E-state index contributed by atoms with van der Waals surface area (Å²) < 4.78 is 22.9. The van der Waals surface area contributed by atoms with Gasteiger partial charge in [-0.15, -0.1) is 0 Å². The molecule has 0 amide bonds. The first kappa shape index (κ1) is 12.9. The van der Waals surface area contributed by atoms with Crippen LogP contribution in [-0.2, 0) is 9.84 Å². The molecule has 0 aliphatic carbocycles. The SMILES string of the molecule is O=S1(=O)CCN(CC2CCNc3ccccc32)CC1. The Morgan fingerprint density at radius 1 is 1.21 bits per heavy atom. The van der Waals surface area contributed by atoms with E-state index in [1.165, 1.54) is 11.3 Å². The number of fused-ring (bicyclic) bond motifs is 1. The van der Waals surface area contributed by atoms with Gasteiger partial charge in [-0.2, -0.15) is 0 Å². The summed E-state index contributed by atoms with van der Waals surface area (Å²) in [5.41, 5.74) is 2.62. The summed E-state index contributed by atoms with van der Waals surface area (Å²) in [5.74, 6) is 1.16. The van der Waals surface area contributed by atoms with Gasteiger partial charge in [-0.3, -0.25) is 0 Å². The Kier molecular flexibility index (Phi) is 3.50. The van der Waals surface area contributed by atoms with Crippen LogP contribution in [0.5, 0.6) is 0 Å². The van der Waals surface area contributed by atoms with E-state index in [0.29, 0.717) is 30.5 Å². The highest BCUT2D eigenvalue weighted by Crippen LogP contribution is 2.32. The van der Waals surface area contributed by atoms with Gasteiger partial charge in [-0.05, 0) is 18.1 Å². The van der Waals surface area contributed by atoms with E-state index in [0.717, 1.165) is 19.5 Å². The molecule has 4 nitrogen and oxygen atoms in total. The van der Waals surface area contributed by atoms with Crippen molar-refractivity contribution in [1.29, 1.82) is 0 Å². The Balaban J connectivity index is 1.68. The van der Waals surface area contributed by atoms with Crippen LogP contribution in [0.2, 0.25) is 0 Å². The maximum Gasteiger partial charge on any atom is 0.152 e. The monoisotopic (exact) mass is 280 g/mol. The lowest BCUT2D eigenvalue weighted by Crippen LogP contribution is -2.42. The molecule has 0 spiro atoms. The highest BCUT2D eigenvalue weighted by atomic mass is 32.2. The standard InChI is InChI=1S/C14H20N2O2S/c17-19(18)9-7-16(8-10-19)11-12-5-6-15-14-4-2-1-3-13(12)14/h1-4,12,15H,5-11H2. The van der Waals surface area contributed by atoms with Gasteiger partial charge in [0.05, 0.1) is 11.5 Å². The van der Waals surface area contributed by atoms with Gasteiger partial charge in [0.25, 0.3) is 0 Å². The number of anilines is 1. The van der Waals surface area contributed by atoms with E-state index >= 15 is 0 Å². The van der Waals surface area contributed by atoms with Gasteiger partial charge in [0.15, 0.2) is 9.84 Å². The molecule has 5 heteroatoms. The molecule has 3 rings (SSSR count). The Hall–Kier alpha value is -1.07. The van der Waals surface area contributed by atoms with Crippen molar-refractivity contribution in [1.82, 2.24) is 4.90 Å². The Labute approximate surface area is 114 Å². The lowest BCUT2D eigenvalue weighted by molar-refractivity contribution is 0.271. The molecule has 1 unspecified atom stereocenters. The first-order valence-electron chi connectivity index (χ1n) is 6.90. The highest BCUT2D eigenvalue weighted by Gasteiger charge is 2.26. The molecule has 1 aromatic carbocycles. The summed E-state index contributed by atoms with van der Waals surface area (Å²) in [7, 11) is -2.77. The average Bonchev–Trinajstić information content (AvgIpc) is 2.42. The molecule has 0 radical (unpaired) electrons. The van der Waals surface area contributed by atoms with Crippen LogP contribution in [0.4, 0.5) is 5.69 Å². The predicted molar refractivity (Wildman–Crippen MR) is 77.4 cm³/mol. The number of hydrogen-bond acceptors (Lipinski definition) is 4. The summed E-state index contributed by atoms with van der Waals surface area (Å²) in [6.45, 7) is 3.37. The maximum absolute atomic E-state index is 11.5. The molecule has 0 saturated carbocycles. The van der Waals surface area contributed by atoms with Gasteiger partial charge in [0, 0.05) is 37.8 Å². The predicted octanol–water partition coefficient (Wildman–Crippen LogP) is 1.32. The molecule has 0 aromatic heterocycles. The molecule has 1 saturated heterocycles. The molecule has 104 valence electrons. The van der Waals surface area contributed by atoms with Gasteiger partial charge < -0.3 is 10.2 Å². The van der Waals surface area contributed by atoms with Crippen molar-refractivity contribution in [2.45, 2.75) is 12.3 Å². The minimum absolute atomic E-state index is 0.319. The Morgan fingerprint density at radius 3 is 2.74 bits per heavy atom. The third-order valence-electron chi connectivity index (χ3n) is 4.12. The zero-order chi connectivity index (χ0) is 13.3. The van der Waals surface area contributed by atoms with Crippen LogP contribution in [0.25, 0.3) is 0 Å². The second-order valence-corrected chi connectivity index (χ2v) is 7.76. The Morgan fingerprint density at radius 2 is 1.95 bits per heavy atom. The van der Waals surface area contributed by atoms with E-state index in [1.807, 2.05) is 0 Å². The zero-order valence-corrected chi connectivity index (χ0v) is 11.8. The van der Waals surface area contributed by atoms with E-state index < -0.39 is 9.84 Å². The number of sulfone groups is 1. The minimum Gasteiger partial charge on any atom is -0.385 e. The van der Waals surface area contributed by atoms with Crippen molar-refractivity contribution < 1.29 is 8.42 Å². The smallest absolute Gasteiger partial charge is 0.152 e. The molecule has 2 heterocycles. The average molecular weight is 280 g/mol. The second-order valence-electron chi connectivity index (χ2n) is 5.45. The second kappa shape index (κ2) is 5.13. The fourth-order valence-electron chi connectivity index (χ4n) is 2.98. The van der Waals surface area contributed by atoms with Crippen molar-refractivity contribution in [3.8, 4) is 0 Å². The quantitative estimate of drug-likeness (QED) is 0.887. The van der Waals surface area contributed by atoms with Crippen molar-refractivity contribution in [2.24, 2.45) is 0 Å². The van der Waals surface area contributed by atoms with Crippen LogP contribution >= 0.6 is 0 Å². The first-order valence-corrected chi connectivity index (χ1v) is 8.72. The molecular weight excluding hydrogens is 260 g/mol. The van der Waals surface area contributed by atoms with Crippen molar-refractivity contribution >= 4 is 15.5 Å². The van der Waals surface area contributed by atoms with Crippen molar-refractivity contribution in [2.75, 3.05) is 43.0 Å². The maximum atomic E-state index is 11.5. The molecule has 2 aliphatic rings. The molecular formula is C14H20N2O2S. The van der Waals surface area contributed by atoms with E-state index in [2.05, 4.69) is 34.5 Å². The van der Waals surface area contributed by atoms with Gasteiger partial charge in [0.2, 0.25) is 0 Å². The van der Waals surface area contributed by atoms with E-state index in [9.17, 15) is 8.42 Å². The molecule has 1 fully saturated rings. The summed E-state index contributed by atoms with van der Waals surface area (Å²) in [5, 5.41) is 3.43. The Bertz CT molecular complexity index is 542. The van der Waals surface area contributed by atoms with Crippen LogP contribution in [0, 0.1) is 0 Å².